The van der Waals surface area contributed by atoms with E-state index in [-0.39, 0.29) is 5.56 Å². The van der Waals surface area contributed by atoms with Crippen LogP contribution in [0.4, 0.5) is 0 Å². The first-order valence-electron chi connectivity index (χ1n) is 6.50. The van der Waals surface area contributed by atoms with Crippen molar-refractivity contribution in [1.29, 1.82) is 0 Å². The van der Waals surface area contributed by atoms with Crippen molar-refractivity contribution >= 4 is 11.7 Å². The fraction of sp³-hybridized carbons (Fsp3) is 0.429. The first kappa shape index (κ1) is 13.4. The largest absolute Gasteiger partial charge is 0.477 e. The van der Waals surface area contributed by atoms with E-state index in [2.05, 4.69) is 0 Å². The zero-order chi connectivity index (χ0) is 14.0. The van der Waals surface area contributed by atoms with Gasteiger partial charge in [0.25, 0.3) is 5.56 Å². The third-order valence-corrected chi connectivity index (χ3v) is 3.27. The SMILES string of the molecule is CCCn1c(C)c(C(=O)O)c(=O)n1C1=CCCC=C1. The molecular formula is C14H18N2O3. The van der Waals surface area contributed by atoms with Gasteiger partial charge in [0.15, 0.2) is 0 Å². The maximum atomic E-state index is 12.3. The van der Waals surface area contributed by atoms with Gasteiger partial charge in [0.05, 0.1) is 11.4 Å². The van der Waals surface area contributed by atoms with Crippen molar-refractivity contribution in [3.8, 4) is 0 Å². The van der Waals surface area contributed by atoms with Gasteiger partial charge >= 0.3 is 5.97 Å². The Morgan fingerprint density at radius 1 is 1.42 bits per heavy atom. The number of aromatic carboxylic acids is 1. The van der Waals surface area contributed by atoms with Gasteiger partial charge < -0.3 is 5.11 Å². The van der Waals surface area contributed by atoms with Crippen molar-refractivity contribution in [3.63, 3.8) is 0 Å². The van der Waals surface area contributed by atoms with Crippen molar-refractivity contribution in [2.75, 3.05) is 0 Å². The zero-order valence-corrected chi connectivity index (χ0v) is 11.2. The molecule has 1 aromatic heterocycles. The molecule has 0 saturated carbocycles. The number of hydrogen-bond donors (Lipinski definition) is 1. The molecule has 1 heterocycles. The second-order valence-corrected chi connectivity index (χ2v) is 4.61. The predicted octanol–water partition coefficient (Wildman–Crippen LogP) is 2.26. The third kappa shape index (κ3) is 2.28. The van der Waals surface area contributed by atoms with Gasteiger partial charge in [-0.1, -0.05) is 19.1 Å². The van der Waals surface area contributed by atoms with Crippen LogP contribution in [0.2, 0.25) is 0 Å². The molecule has 0 aliphatic heterocycles. The van der Waals surface area contributed by atoms with Crippen LogP contribution in [0.1, 0.15) is 42.2 Å². The molecule has 0 unspecified atom stereocenters. The fourth-order valence-corrected chi connectivity index (χ4v) is 2.39. The second-order valence-electron chi connectivity index (χ2n) is 4.61. The standard InChI is InChI=1S/C14H18N2O3/c1-3-9-15-10(2)12(14(18)19)13(17)16(15)11-7-5-4-6-8-11/h5,7-8H,3-4,6,9H2,1-2H3,(H,18,19). The summed E-state index contributed by atoms with van der Waals surface area (Å²) in [5.41, 5.74) is 0.698. The van der Waals surface area contributed by atoms with E-state index in [4.69, 9.17) is 0 Å². The molecule has 0 bridgehead atoms. The molecule has 1 aliphatic rings. The lowest BCUT2D eigenvalue weighted by Gasteiger charge is -2.15. The van der Waals surface area contributed by atoms with E-state index in [1.807, 2.05) is 25.2 Å². The molecule has 1 aliphatic carbocycles. The fourth-order valence-electron chi connectivity index (χ4n) is 2.39. The summed E-state index contributed by atoms with van der Waals surface area (Å²) in [5, 5.41) is 9.19. The van der Waals surface area contributed by atoms with Crippen molar-refractivity contribution < 1.29 is 9.90 Å². The monoisotopic (exact) mass is 262 g/mol. The summed E-state index contributed by atoms with van der Waals surface area (Å²) in [6, 6.07) is 0. The van der Waals surface area contributed by atoms with E-state index in [9.17, 15) is 14.7 Å². The minimum absolute atomic E-state index is 0.131. The highest BCUT2D eigenvalue weighted by Gasteiger charge is 2.23. The number of nitrogens with zero attached hydrogens (tertiary/aromatic N) is 2. The Balaban J connectivity index is 2.68. The molecule has 0 spiro atoms. The highest BCUT2D eigenvalue weighted by atomic mass is 16.4. The minimum atomic E-state index is -1.16. The maximum absolute atomic E-state index is 12.3. The molecule has 1 N–H and O–H groups in total. The molecule has 0 radical (unpaired) electrons. The summed E-state index contributed by atoms with van der Waals surface area (Å²) >= 11 is 0. The van der Waals surface area contributed by atoms with Gasteiger partial charge in [-0.3, -0.25) is 9.48 Å². The van der Waals surface area contributed by atoms with Gasteiger partial charge in [-0.15, -0.1) is 0 Å². The summed E-state index contributed by atoms with van der Waals surface area (Å²) < 4.78 is 3.24. The van der Waals surface area contributed by atoms with E-state index in [0.717, 1.165) is 25.0 Å². The van der Waals surface area contributed by atoms with Gasteiger partial charge in [-0.25, -0.2) is 9.48 Å². The number of hydrogen-bond acceptors (Lipinski definition) is 2. The predicted molar refractivity (Wildman–Crippen MR) is 73.3 cm³/mol. The topological polar surface area (TPSA) is 64.2 Å². The molecule has 0 atom stereocenters. The Morgan fingerprint density at radius 3 is 2.68 bits per heavy atom. The Morgan fingerprint density at radius 2 is 2.16 bits per heavy atom. The normalized spacial score (nSPS) is 14.5. The van der Waals surface area contributed by atoms with Gasteiger partial charge in [-0.2, -0.15) is 0 Å². The van der Waals surface area contributed by atoms with Crippen LogP contribution in [0.3, 0.4) is 0 Å². The summed E-state index contributed by atoms with van der Waals surface area (Å²) in [7, 11) is 0. The van der Waals surface area contributed by atoms with Crippen LogP contribution >= 0.6 is 0 Å². The summed E-state index contributed by atoms with van der Waals surface area (Å²) in [4.78, 5) is 23.5. The van der Waals surface area contributed by atoms with E-state index >= 15 is 0 Å². The molecular weight excluding hydrogens is 244 g/mol. The molecule has 0 fully saturated rings. The Labute approximate surface area is 111 Å². The number of aromatic nitrogens is 2. The lowest BCUT2D eigenvalue weighted by Crippen LogP contribution is -2.24. The van der Waals surface area contributed by atoms with Crippen molar-refractivity contribution in [3.05, 3.63) is 39.8 Å². The lowest BCUT2D eigenvalue weighted by atomic mass is 10.1. The van der Waals surface area contributed by atoms with Gasteiger partial charge in [-0.05, 0) is 32.3 Å². The molecule has 0 saturated heterocycles. The van der Waals surface area contributed by atoms with Crippen molar-refractivity contribution in [2.45, 2.75) is 39.7 Å². The highest BCUT2D eigenvalue weighted by molar-refractivity contribution is 5.88. The number of carboxylic acid groups (broad SMARTS) is 1. The van der Waals surface area contributed by atoms with Gasteiger partial charge in [0.1, 0.15) is 5.56 Å². The van der Waals surface area contributed by atoms with E-state index < -0.39 is 11.5 Å². The molecule has 5 heteroatoms. The number of rotatable bonds is 4. The van der Waals surface area contributed by atoms with Crippen molar-refractivity contribution in [1.82, 2.24) is 9.36 Å². The van der Waals surface area contributed by atoms with E-state index in [1.165, 1.54) is 4.68 Å². The maximum Gasteiger partial charge on any atom is 0.343 e. The number of allylic oxidation sites excluding steroid dienone is 4. The highest BCUT2D eigenvalue weighted by Crippen LogP contribution is 2.16. The van der Waals surface area contributed by atoms with E-state index in [0.29, 0.717) is 12.2 Å². The zero-order valence-electron chi connectivity index (χ0n) is 11.2. The summed E-state index contributed by atoms with van der Waals surface area (Å²) in [5.74, 6) is -1.16. The summed E-state index contributed by atoms with van der Waals surface area (Å²) in [6.45, 7) is 4.31. The van der Waals surface area contributed by atoms with Crippen LogP contribution in [-0.4, -0.2) is 20.4 Å². The Bertz CT molecular complexity index is 617. The number of carbonyl (C=O) groups is 1. The summed E-state index contributed by atoms with van der Waals surface area (Å²) in [6.07, 6.45) is 8.52. The van der Waals surface area contributed by atoms with Crippen LogP contribution in [0.25, 0.3) is 5.70 Å². The van der Waals surface area contributed by atoms with Gasteiger partial charge in [0.2, 0.25) is 0 Å². The Hall–Kier alpha value is -2.04. The van der Waals surface area contributed by atoms with Crippen molar-refractivity contribution in [2.24, 2.45) is 0 Å². The first-order valence-corrected chi connectivity index (χ1v) is 6.50. The average molecular weight is 262 g/mol. The molecule has 0 aromatic carbocycles. The number of carboxylic acids is 1. The molecule has 0 amide bonds. The molecule has 2 rings (SSSR count). The van der Waals surface area contributed by atoms with Crippen LogP contribution in [-0.2, 0) is 6.54 Å². The quantitative estimate of drug-likeness (QED) is 0.905. The lowest BCUT2D eigenvalue weighted by molar-refractivity contribution is 0.0694. The van der Waals surface area contributed by atoms with E-state index in [1.54, 1.807) is 11.6 Å². The Kier molecular flexibility index (Phi) is 3.74. The van der Waals surface area contributed by atoms with Crippen LogP contribution in [0.5, 0.6) is 0 Å². The molecule has 1 aromatic rings. The molecule has 5 nitrogen and oxygen atoms in total. The minimum Gasteiger partial charge on any atom is -0.477 e. The first-order chi connectivity index (χ1) is 9.07. The third-order valence-electron chi connectivity index (χ3n) is 3.27. The second kappa shape index (κ2) is 5.30. The molecule has 102 valence electrons. The van der Waals surface area contributed by atoms with Crippen LogP contribution in [0.15, 0.2) is 23.0 Å². The van der Waals surface area contributed by atoms with Gasteiger partial charge in [0, 0.05) is 6.54 Å². The van der Waals surface area contributed by atoms with Crippen LogP contribution < -0.4 is 5.56 Å². The molecule has 19 heavy (non-hydrogen) atoms. The average Bonchev–Trinajstić information content (AvgIpc) is 2.63. The van der Waals surface area contributed by atoms with Crippen LogP contribution in [0, 0.1) is 6.92 Å². The smallest absolute Gasteiger partial charge is 0.343 e.